The second-order valence-corrected chi connectivity index (χ2v) is 4.51. The Morgan fingerprint density at radius 3 is 2.59 bits per heavy atom. The molecule has 0 saturated carbocycles. The lowest BCUT2D eigenvalue weighted by Crippen LogP contribution is -2.19. The Hall–Kier alpha value is -1.06. The molecule has 0 aromatic heterocycles. The van der Waals surface area contributed by atoms with E-state index in [0.29, 0.717) is 0 Å². The summed E-state index contributed by atoms with van der Waals surface area (Å²) in [6.45, 7) is 2.91. The third kappa shape index (κ3) is 5.71. The molecule has 0 aliphatic heterocycles. The van der Waals surface area contributed by atoms with Crippen molar-refractivity contribution in [2.24, 2.45) is 0 Å². The highest BCUT2D eigenvalue weighted by atomic mass is 35.5. The summed E-state index contributed by atoms with van der Waals surface area (Å²) >= 11 is 5.82. The van der Waals surface area contributed by atoms with Gasteiger partial charge < -0.3 is 10.4 Å². The van der Waals surface area contributed by atoms with Gasteiger partial charge in [0.15, 0.2) is 0 Å². The predicted molar refractivity (Wildman–Crippen MR) is 69.4 cm³/mol. The molecule has 1 aromatic rings. The highest BCUT2D eigenvalue weighted by molar-refractivity contribution is 6.30. The molecule has 1 aromatic carbocycles. The normalized spacial score (nSPS) is 12.4. The topological polar surface area (TPSA) is 49.3 Å². The summed E-state index contributed by atoms with van der Waals surface area (Å²) in [6, 6.07) is 8.00. The van der Waals surface area contributed by atoms with Crippen LogP contribution in [0, 0.1) is 0 Å². The summed E-state index contributed by atoms with van der Waals surface area (Å²) in [5.41, 5.74) is 1.19. The maximum atomic E-state index is 10.3. The summed E-state index contributed by atoms with van der Waals surface area (Å²) in [5, 5.41) is 12.6. The number of benzene rings is 1. The summed E-state index contributed by atoms with van der Waals surface area (Å²) in [6.07, 6.45) is 1.84. The predicted octanol–water partition coefficient (Wildman–Crippen LogP) is 3.25. The van der Waals surface area contributed by atoms with E-state index in [2.05, 4.69) is 12.2 Å². The van der Waals surface area contributed by atoms with Gasteiger partial charge in [-0.3, -0.25) is 4.79 Å². The number of hydrogen-bond acceptors (Lipinski definition) is 2. The van der Waals surface area contributed by atoms with Crippen LogP contribution in [0.25, 0.3) is 0 Å². The fourth-order valence-corrected chi connectivity index (χ4v) is 1.72. The Bertz CT molecular complexity index is 351. The molecule has 94 valence electrons. The van der Waals surface area contributed by atoms with Gasteiger partial charge in [-0.25, -0.2) is 0 Å². The Morgan fingerprint density at radius 1 is 1.35 bits per heavy atom. The van der Waals surface area contributed by atoms with Gasteiger partial charge in [0, 0.05) is 17.5 Å². The number of unbranched alkanes of at least 4 members (excludes halogenated alkanes) is 1. The van der Waals surface area contributed by atoms with Crippen LogP contribution in [0.5, 0.6) is 0 Å². The average Bonchev–Trinajstić information content (AvgIpc) is 2.29. The molecule has 0 unspecified atom stereocenters. The molecular weight excluding hydrogens is 238 g/mol. The first-order chi connectivity index (χ1) is 8.09. The molecule has 0 saturated heterocycles. The Labute approximate surface area is 107 Å². The summed E-state index contributed by atoms with van der Waals surface area (Å²) < 4.78 is 0. The van der Waals surface area contributed by atoms with Crippen molar-refractivity contribution in [2.75, 3.05) is 6.54 Å². The molecule has 0 bridgehead atoms. The third-order valence-electron chi connectivity index (χ3n) is 2.64. The van der Waals surface area contributed by atoms with Gasteiger partial charge in [0.25, 0.3) is 0 Å². The quantitative estimate of drug-likeness (QED) is 0.736. The standard InChI is InChI=1S/C13H18ClNO2/c1-10(11-5-7-12(14)8-6-11)15-9-3-2-4-13(16)17/h5-8,10,15H,2-4,9H2,1H3,(H,16,17)/t10-/m1/s1. The van der Waals surface area contributed by atoms with E-state index < -0.39 is 5.97 Å². The fourth-order valence-electron chi connectivity index (χ4n) is 1.59. The smallest absolute Gasteiger partial charge is 0.303 e. The lowest BCUT2D eigenvalue weighted by Gasteiger charge is -2.14. The van der Waals surface area contributed by atoms with E-state index in [0.717, 1.165) is 24.4 Å². The van der Waals surface area contributed by atoms with Gasteiger partial charge in [-0.15, -0.1) is 0 Å². The zero-order chi connectivity index (χ0) is 12.7. The van der Waals surface area contributed by atoms with E-state index in [4.69, 9.17) is 16.7 Å². The van der Waals surface area contributed by atoms with Crippen LogP contribution in [-0.4, -0.2) is 17.6 Å². The van der Waals surface area contributed by atoms with E-state index in [-0.39, 0.29) is 12.5 Å². The van der Waals surface area contributed by atoms with Crippen molar-refractivity contribution in [3.05, 3.63) is 34.9 Å². The zero-order valence-corrected chi connectivity index (χ0v) is 10.7. The van der Waals surface area contributed by atoms with E-state index in [9.17, 15) is 4.79 Å². The Balaban J connectivity index is 2.23. The molecule has 1 atom stereocenters. The van der Waals surface area contributed by atoms with Crippen LogP contribution in [0.2, 0.25) is 5.02 Å². The van der Waals surface area contributed by atoms with Gasteiger partial charge >= 0.3 is 5.97 Å². The minimum Gasteiger partial charge on any atom is -0.481 e. The minimum absolute atomic E-state index is 0.247. The van der Waals surface area contributed by atoms with Gasteiger partial charge in [-0.05, 0) is 44.0 Å². The molecular formula is C13H18ClNO2. The highest BCUT2D eigenvalue weighted by Gasteiger charge is 2.04. The average molecular weight is 256 g/mol. The molecule has 2 N–H and O–H groups in total. The molecule has 0 fully saturated rings. The first-order valence-electron chi connectivity index (χ1n) is 5.80. The van der Waals surface area contributed by atoms with Crippen molar-refractivity contribution in [3.63, 3.8) is 0 Å². The van der Waals surface area contributed by atoms with Crippen molar-refractivity contribution < 1.29 is 9.90 Å². The van der Waals surface area contributed by atoms with E-state index >= 15 is 0 Å². The van der Waals surface area contributed by atoms with Crippen LogP contribution < -0.4 is 5.32 Å². The Kier molecular flexibility index (Phi) is 6.01. The van der Waals surface area contributed by atoms with Crippen molar-refractivity contribution in [3.8, 4) is 0 Å². The van der Waals surface area contributed by atoms with Gasteiger partial charge in [0.05, 0.1) is 0 Å². The molecule has 0 amide bonds. The van der Waals surface area contributed by atoms with Crippen LogP contribution in [-0.2, 0) is 4.79 Å². The van der Waals surface area contributed by atoms with E-state index in [1.54, 1.807) is 0 Å². The summed E-state index contributed by atoms with van der Waals surface area (Å²) in [4.78, 5) is 10.3. The SMILES string of the molecule is C[C@@H](NCCCCC(=O)O)c1ccc(Cl)cc1. The second-order valence-electron chi connectivity index (χ2n) is 4.08. The number of carbonyl (C=O) groups is 1. The molecule has 4 heteroatoms. The van der Waals surface area contributed by atoms with Crippen molar-refractivity contribution in [1.29, 1.82) is 0 Å². The number of nitrogens with one attached hydrogen (secondary N) is 1. The van der Waals surface area contributed by atoms with Crippen LogP contribution >= 0.6 is 11.6 Å². The second kappa shape index (κ2) is 7.30. The highest BCUT2D eigenvalue weighted by Crippen LogP contribution is 2.15. The van der Waals surface area contributed by atoms with Gasteiger partial charge in [-0.2, -0.15) is 0 Å². The lowest BCUT2D eigenvalue weighted by atomic mass is 10.1. The molecule has 0 radical (unpaired) electrons. The number of carboxylic acids is 1. The molecule has 1 rings (SSSR count). The monoisotopic (exact) mass is 255 g/mol. The number of rotatable bonds is 7. The van der Waals surface area contributed by atoms with Crippen molar-refractivity contribution in [1.82, 2.24) is 5.32 Å². The fraction of sp³-hybridized carbons (Fsp3) is 0.462. The number of aliphatic carboxylic acids is 1. The van der Waals surface area contributed by atoms with E-state index in [1.165, 1.54) is 5.56 Å². The van der Waals surface area contributed by atoms with Crippen molar-refractivity contribution >= 4 is 17.6 Å². The minimum atomic E-state index is -0.726. The Morgan fingerprint density at radius 2 is 2.00 bits per heavy atom. The molecule has 3 nitrogen and oxygen atoms in total. The van der Waals surface area contributed by atoms with Gasteiger partial charge in [0.1, 0.15) is 0 Å². The maximum absolute atomic E-state index is 10.3. The number of hydrogen-bond donors (Lipinski definition) is 2. The third-order valence-corrected chi connectivity index (χ3v) is 2.89. The first kappa shape index (κ1) is 14.0. The molecule has 0 aliphatic carbocycles. The lowest BCUT2D eigenvalue weighted by molar-refractivity contribution is -0.137. The van der Waals surface area contributed by atoms with E-state index in [1.807, 2.05) is 24.3 Å². The van der Waals surface area contributed by atoms with Crippen LogP contribution in [0.3, 0.4) is 0 Å². The molecule has 0 spiro atoms. The van der Waals surface area contributed by atoms with Gasteiger partial charge in [0.2, 0.25) is 0 Å². The largest absolute Gasteiger partial charge is 0.481 e. The van der Waals surface area contributed by atoms with Crippen LogP contribution in [0.1, 0.15) is 37.8 Å². The van der Waals surface area contributed by atoms with Crippen molar-refractivity contribution in [2.45, 2.75) is 32.2 Å². The molecule has 0 heterocycles. The first-order valence-corrected chi connectivity index (χ1v) is 6.18. The summed E-state index contributed by atoms with van der Waals surface area (Å²) in [5.74, 6) is -0.726. The van der Waals surface area contributed by atoms with Gasteiger partial charge in [-0.1, -0.05) is 23.7 Å². The summed E-state index contributed by atoms with van der Waals surface area (Å²) in [7, 11) is 0. The maximum Gasteiger partial charge on any atom is 0.303 e. The zero-order valence-electron chi connectivity index (χ0n) is 9.95. The molecule has 17 heavy (non-hydrogen) atoms. The molecule has 0 aliphatic rings. The number of carboxylic acid groups (broad SMARTS) is 1. The number of halogens is 1. The van der Waals surface area contributed by atoms with Crippen LogP contribution in [0.4, 0.5) is 0 Å². The van der Waals surface area contributed by atoms with Crippen LogP contribution in [0.15, 0.2) is 24.3 Å².